The van der Waals surface area contributed by atoms with Gasteiger partial charge in [-0.05, 0) is 30.4 Å². The molecule has 0 amide bonds. The van der Waals surface area contributed by atoms with Crippen molar-refractivity contribution in [1.29, 1.82) is 0 Å². The van der Waals surface area contributed by atoms with Gasteiger partial charge in [-0.3, -0.25) is 0 Å². The molecule has 1 N–H and O–H groups in total. The Bertz CT molecular complexity index is 601. The number of benzene rings is 1. The molecule has 1 aromatic carbocycles. The Balaban J connectivity index is 1.85. The van der Waals surface area contributed by atoms with Gasteiger partial charge < -0.3 is 5.32 Å². The van der Waals surface area contributed by atoms with Crippen LogP contribution < -0.4 is 5.32 Å². The Kier molecular flexibility index (Phi) is 3.90. The lowest BCUT2D eigenvalue weighted by atomic mass is 9.86. The second-order valence-electron chi connectivity index (χ2n) is 6.10. The SMILES string of the molecule is CC(C)CNCc1nc2c(s1)CC(C)c1ccccc1-2. The van der Waals surface area contributed by atoms with Crippen molar-refractivity contribution in [1.82, 2.24) is 10.3 Å². The van der Waals surface area contributed by atoms with Crippen molar-refractivity contribution in [2.75, 3.05) is 6.54 Å². The van der Waals surface area contributed by atoms with Gasteiger partial charge in [-0.15, -0.1) is 11.3 Å². The van der Waals surface area contributed by atoms with Crippen LogP contribution in [0.5, 0.6) is 0 Å². The third kappa shape index (κ3) is 2.65. The fourth-order valence-corrected chi connectivity index (χ4v) is 4.00. The third-order valence-electron chi connectivity index (χ3n) is 3.81. The molecule has 1 heterocycles. The van der Waals surface area contributed by atoms with Crippen LogP contribution in [0.1, 0.15) is 42.1 Å². The Morgan fingerprint density at radius 1 is 1.35 bits per heavy atom. The Hall–Kier alpha value is -1.19. The molecule has 106 valence electrons. The molecule has 1 aromatic heterocycles. The normalized spacial score (nSPS) is 17.1. The van der Waals surface area contributed by atoms with Crippen molar-refractivity contribution >= 4 is 11.3 Å². The van der Waals surface area contributed by atoms with Crippen LogP contribution in [-0.4, -0.2) is 11.5 Å². The van der Waals surface area contributed by atoms with Crippen LogP contribution in [0.3, 0.4) is 0 Å². The van der Waals surface area contributed by atoms with E-state index in [-0.39, 0.29) is 0 Å². The fourth-order valence-electron chi connectivity index (χ4n) is 2.82. The van der Waals surface area contributed by atoms with Crippen LogP contribution in [0, 0.1) is 5.92 Å². The summed E-state index contributed by atoms with van der Waals surface area (Å²) in [6.45, 7) is 8.73. The first kappa shape index (κ1) is 13.8. The molecular weight excluding hydrogens is 264 g/mol. The summed E-state index contributed by atoms with van der Waals surface area (Å²) in [5.41, 5.74) is 4.02. The Labute approximate surface area is 125 Å². The number of hydrogen-bond donors (Lipinski definition) is 1. The third-order valence-corrected chi connectivity index (χ3v) is 4.89. The first-order chi connectivity index (χ1) is 9.65. The predicted molar refractivity (Wildman–Crippen MR) is 86.2 cm³/mol. The van der Waals surface area contributed by atoms with Crippen molar-refractivity contribution in [2.24, 2.45) is 5.92 Å². The topological polar surface area (TPSA) is 24.9 Å². The van der Waals surface area contributed by atoms with E-state index < -0.39 is 0 Å². The number of nitrogens with zero attached hydrogens (tertiary/aromatic N) is 1. The van der Waals surface area contributed by atoms with E-state index in [0.29, 0.717) is 11.8 Å². The lowest BCUT2D eigenvalue weighted by Crippen LogP contribution is -2.18. The van der Waals surface area contributed by atoms with E-state index in [2.05, 4.69) is 50.4 Å². The molecule has 2 aromatic rings. The molecule has 1 unspecified atom stereocenters. The molecule has 20 heavy (non-hydrogen) atoms. The van der Waals surface area contributed by atoms with E-state index in [1.165, 1.54) is 26.7 Å². The number of nitrogens with one attached hydrogen (secondary N) is 1. The highest BCUT2D eigenvalue weighted by atomic mass is 32.1. The minimum absolute atomic E-state index is 0.607. The Morgan fingerprint density at radius 3 is 2.95 bits per heavy atom. The van der Waals surface area contributed by atoms with E-state index in [0.717, 1.165) is 19.5 Å². The van der Waals surface area contributed by atoms with E-state index in [9.17, 15) is 0 Å². The van der Waals surface area contributed by atoms with Gasteiger partial charge in [0.25, 0.3) is 0 Å². The first-order valence-electron chi connectivity index (χ1n) is 7.43. The number of aromatic nitrogens is 1. The maximum absolute atomic E-state index is 4.88. The predicted octanol–water partition coefficient (Wildman–Crippen LogP) is 4.22. The summed E-state index contributed by atoms with van der Waals surface area (Å²) in [4.78, 5) is 6.34. The molecule has 1 aliphatic rings. The van der Waals surface area contributed by atoms with E-state index >= 15 is 0 Å². The molecule has 0 saturated carbocycles. The second kappa shape index (κ2) is 5.66. The molecule has 1 aliphatic carbocycles. The van der Waals surface area contributed by atoms with Crippen molar-refractivity contribution in [3.05, 3.63) is 39.7 Å². The van der Waals surface area contributed by atoms with Crippen LogP contribution in [0.25, 0.3) is 11.3 Å². The maximum Gasteiger partial charge on any atom is 0.107 e. The smallest absolute Gasteiger partial charge is 0.107 e. The summed E-state index contributed by atoms with van der Waals surface area (Å²) in [7, 11) is 0. The fraction of sp³-hybridized carbons (Fsp3) is 0.471. The first-order valence-corrected chi connectivity index (χ1v) is 8.25. The molecule has 0 aliphatic heterocycles. The van der Waals surface area contributed by atoms with Crippen molar-refractivity contribution < 1.29 is 0 Å². The van der Waals surface area contributed by atoms with Gasteiger partial charge in [0.1, 0.15) is 5.01 Å². The average molecular weight is 286 g/mol. The number of fused-ring (bicyclic) bond motifs is 3. The highest BCUT2D eigenvalue weighted by Gasteiger charge is 2.24. The summed E-state index contributed by atoms with van der Waals surface area (Å²) in [6.07, 6.45) is 1.13. The number of hydrogen-bond acceptors (Lipinski definition) is 3. The molecular formula is C17H22N2S. The van der Waals surface area contributed by atoms with Crippen LogP contribution in [0.15, 0.2) is 24.3 Å². The summed E-state index contributed by atoms with van der Waals surface area (Å²) >= 11 is 1.88. The summed E-state index contributed by atoms with van der Waals surface area (Å²) < 4.78 is 0. The van der Waals surface area contributed by atoms with E-state index in [1.807, 2.05) is 11.3 Å². The molecule has 3 rings (SSSR count). The number of thiazole rings is 1. The average Bonchev–Trinajstić information content (AvgIpc) is 2.81. The summed E-state index contributed by atoms with van der Waals surface area (Å²) in [5, 5.41) is 4.72. The summed E-state index contributed by atoms with van der Waals surface area (Å²) in [6, 6.07) is 8.72. The zero-order valence-electron chi connectivity index (χ0n) is 12.4. The molecule has 0 fully saturated rings. The van der Waals surface area contributed by atoms with Gasteiger partial charge in [0, 0.05) is 17.0 Å². The molecule has 0 saturated heterocycles. The minimum atomic E-state index is 0.607. The lowest BCUT2D eigenvalue weighted by molar-refractivity contribution is 0.551. The summed E-state index contributed by atoms with van der Waals surface area (Å²) in [5.74, 6) is 1.29. The van der Waals surface area contributed by atoms with Crippen LogP contribution >= 0.6 is 11.3 Å². The van der Waals surface area contributed by atoms with E-state index in [4.69, 9.17) is 4.98 Å². The van der Waals surface area contributed by atoms with Gasteiger partial charge in [0.15, 0.2) is 0 Å². The second-order valence-corrected chi connectivity index (χ2v) is 7.26. The largest absolute Gasteiger partial charge is 0.310 e. The standard InChI is InChI=1S/C17H22N2S/c1-11(2)9-18-10-16-19-17-14-7-5-4-6-13(14)12(3)8-15(17)20-16/h4-7,11-12,18H,8-10H2,1-3H3. The van der Waals surface area contributed by atoms with Gasteiger partial charge in [-0.25, -0.2) is 4.98 Å². The van der Waals surface area contributed by atoms with Gasteiger partial charge in [-0.2, -0.15) is 0 Å². The molecule has 0 bridgehead atoms. The zero-order valence-corrected chi connectivity index (χ0v) is 13.3. The highest BCUT2D eigenvalue weighted by Crippen LogP contribution is 2.41. The molecule has 2 nitrogen and oxygen atoms in total. The van der Waals surface area contributed by atoms with Crippen molar-refractivity contribution in [2.45, 2.75) is 39.7 Å². The lowest BCUT2D eigenvalue weighted by Gasteiger charge is -2.21. The van der Waals surface area contributed by atoms with Gasteiger partial charge in [0.2, 0.25) is 0 Å². The van der Waals surface area contributed by atoms with Crippen LogP contribution in [0.2, 0.25) is 0 Å². The van der Waals surface area contributed by atoms with Gasteiger partial charge >= 0.3 is 0 Å². The highest BCUT2D eigenvalue weighted by molar-refractivity contribution is 7.12. The molecule has 3 heteroatoms. The number of rotatable bonds is 4. The van der Waals surface area contributed by atoms with Gasteiger partial charge in [-0.1, -0.05) is 45.0 Å². The van der Waals surface area contributed by atoms with Crippen LogP contribution in [0.4, 0.5) is 0 Å². The monoisotopic (exact) mass is 286 g/mol. The Morgan fingerprint density at radius 2 is 2.15 bits per heavy atom. The molecule has 0 spiro atoms. The van der Waals surface area contributed by atoms with E-state index in [1.54, 1.807) is 0 Å². The quantitative estimate of drug-likeness (QED) is 0.910. The molecule has 0 radical (unpaired) electrons. The molecule has 1 atom stereocenters. The van der Waals surface area contributed by atoms with Crippen molar-refractivity contribution in [3.63, 3.8) is 0 Å². The minimum Gasteiger partial charge on any atom is -0.310 e. The maximum atomic E-state index is 4.88. The zero-order chi connectivity index (χ0) is 14.1. The van der Waals surface area contributed by atoms with Gasteiger partial charge in [0.05, 0.1) is 5.69 Å². The van der Waals surface area contributed by atoms with Crippen molar-refractivity contribution in [3.8, 4) is 11.3 Å². The van der Waals surface area contributed by atoms with Crippen LogP contribution in [-0.2, 0) is 13.0 Å².